The summed E-state index contributed by atoms with van der Waals surface area (Å²) in [6.45, 7) is 2.16. The van der Waals surface area contributed by atoms with Crippen molar-refractivity contribution in [2.75, 3.05) is 6.61 Å². The quantitative estimate of drug-likeness (QED) is 0.174. The number of amides is 2. The first kappa shape index (κ1) is 25.9. The van der Waals surface area contributed by atoms with Crippen molar-refractivity contribution in [2.24, 2.45) is 0 Å². The molecule has 0 saturated carbocycles. The summed E-state index contributed by atoms with van der Waals surface area (Å²) in [5, 5.41) is 12.3. The van der Waals surface area contributed by atoms with Gasteiger partial charge >= 0.3 is 0 Å². The molecule has 1 N–H and O–H groups in total. The lowest BCUT2D eigenvalue weighted by molar-refractivity contribution is -0.385. The Morgan fingerprint density at radius 3 is 2.54 bits per heavy atom. The highest BCUT2D eigenvalue weighted by Gasteiger charge is 2.33. The summed E-state index contributed by atoms with van der Waals surface area (Å²) in [6.07, 6.45) is 1.64. The van der Waals surface area contributed by atoms with Crippen LogP contribution in [-0.4, -0.2) is 32.7 Å². The number of benzene rings is 3. The summed E-state index contributed by atoms with van der Waals surface area (Å²) < 4.78 is 11.7. The maximum atomic E-state index is 12.9. The lowest BCUT2D eigenvalue weighted by atomic mass is 10.1. The van der Waals surface area contributed by atoms with Crippen LogP contribution >= 0.6 is 24.0 Å². The molecule has 1 aliphatic heterocycles. The lowest BCUT2D eigenvalue weighted by Crippen LogP contribution is -2.44. The molecule has 0 atom stereocenters. The van der Waals surface area contributed by atoms with Gasteiger partial charge in [0.05, 0.1) is 22.0 Å². The van der Waals surface area contributed by atoms with Crippen molar-refractivity contribution in [1.82, 2.24) is 10.4 Å². The van der Waals surface area contributed by atoms with Crippen LogP contribution in [0.15, 0.2) is 77.7 Å². The van der Waals surface area contributed by atoms with Gasteiger partial charge in [-0.05, 0) is 61.1 Å². The fraction of sp³-hybridized carbons (Fsp3) is 0.115. The second-order valence-corrected chi connectivity index (χ2v) is 9.31. The van der Waals surface area contributed by atoms with Gasteiger partial charge in [-0.25, -0.2) is 0 Å². The van der Waals surface area contributed by atoms with Crippen LogP contribution in [0.1, 0.15) is 28.4 Å². The van der Waals surface area contributed by atoms with Gasteiger partial charge in [0.2, 0.25) is 0 Å². The Hall–Kier alpha value is -4.22. The number of hydrazine groups is 1. The van der Waals surface area contributed by atoms with Gasteiger partial charge in [0.25, 0.3) is 17.5 Å². The van der Waals surface area contributed by atoms with Crippen molar-refractivity contribution in [3.63, 3.8) is 0 Å². The van der Waals surface area contributed by atoms with E-state index in [0.29, 0.717) is 39.7 Å². The number of thioether (sulfide) groups is 1. The molecule has 2 amide bonds. The Balaban J connectivity index is 1.50. The molecule has 4 rings (SSSR count). The number of para-hydroxylation sites is 1. The molecule has 3 aromatic carbocycles. The molecule has 3 aromatic rings. The third-order valence-electron chi connectivity index (χ3n) is 5.18. The maximum absolute atomic E-state index is 12.9. The van der Waals surface area contributed by atoms with Gasteiger partial charge in [-0.3, -0.25) is 25.1 Å². The molecule has 9 nitrogen and oxygen atoms in total. The molecular weight excluding hydrogens is 514 g/mol. The van der Waals surface area contributed by atoms with Crippen LogP contribution in [0.4, 0.5) is 5.69 Å². The Morgan fingerprint density at radius 1 is 1.08 bits per heavy atom. The van der Waals surface area contributed by atoms with Crippen molar-refractivity contribution < 1.29 is 24.0 Å². The Bertz CT molecular complexity index is 1390. The number of nitro benzene ring substituents is 1. The van der Waals surface area contributed by atoms with Crippen molar-refractivity contribution in [3.05, 3.63) is 105 Å². The topological polar surface area (TPSA) is 111 Å². The largest absolute Gasteiger partial charge is 0.490 e. The van der Waals surface area contributed by atoms with Crippen LogP contribution in [0.5, 0.6) is 11.5 Å². The van der Waals surface area contributed by atoms with Crippen molar-refractivity contribution in [2.45, 2.75) is 13.5 Å². The molecule has 1 aliphatic rings. The second-order valence-electron chi connectivity index (χ2n) is 7.64. The Morgan fingerprint density at radius 2 is 1.81 bits per heavy atom. The van der Waals surface area contributed by atoms with E-state index in [1.54, 1.807) is 72.8 Å². The summed E-state index contributed by atoms with van der Waals surface area (Å²) in [7, 11) is 0. The van der Waals surface area contributed by atoms with Gasteiger partial charge in [0.15, 0.2) is 15.8 Å². The van der Waals surface area contributed by atoms with E-state index in [2.05, 4.69) is 5.43 Å². The number of nitrogens with one attached hydrogen (secondary N) is 1. The maximum Gasteiger partial charge on any atom is 0.285 e. The third kappa shape index (κ3) is 6.13. The van der Waals surface area contributed by atoms with E-state index in [4.69, 9.17) is 21.7 Å². The summed E-state index contributed by atoms with van der Waals surface area (Å²) in [5.41, 5.74) is 4.00. The summed E-state index contributed by atoms with van der Waals surface area (Å²) in [6, 6.07) is 20.0. The SMILES string of the molecule is CCOc1cc(/C=C2/SC(=S)N(NC(=O)c3ccccc3)C2=O)ccc1OCc1ccccc1[N+](=O)[O-]. The molecular formula is C26H21N3O6S2. The number of nitro groups is 1. The highest BCUT2D eigenvalue weighted by Crippen LogP contribution is 2.35. The van der Waals surface area contributed by atoms with E-state index in [-0.39, 0.29) is 16.6 Å². The fourth-order valence-corrected chi connectivity index (χ4v) is 4.62. The zero-order valence-corrected chi connectivity index (χ0v) is 21.2. The smallest absolute Gasteiger partial charge is 0.285 e. The minimum Gasteiger partial charge on any atom is -0.490 e. The number of ether oxygens (including phenoxy) is 2. The first-order valence-electron chi connectivity index (χ1n) is 11.1. The van der Waals surface area contributed by atoms with Gasteiger partial charge in [-0.2, -0.15) is 5.01 Å². The minimum atomic E-state index is -0.455. The normalized spacial score (nSPS) is 14.1. The zero-order valence-electron chi connectivity index (χ0n) is 19.6. The van der Waals surface area contributed by atoms with Crippen LogP contribution < -0.4 is 14.9 Å². The fourth-order valence-electron chi connectivity index (χ4n) is 3.44. The number of hydrogen-bond donors (Lipinski definition) is 1. The lowest BCUT2D eigenvalue weighted by Gasteiger charge is -2.15. The molecule has 0 aromatic heterocycles. The van der Waals surface area contributed by atoms with Crippen molar-refractivity contribution in [3.8, 4) is 11.5 Å². The number of thiocarbonyl (C=S) groups is 1. The van der Waals surface area contributed by atoms with Crippen LogP contribution in [-0.2, 0) is 11.4 Å². The highest BCUT2D eigenvalue weighted by molar-refractivity contribution is 8.26. The van der Waals surface area contributed by atoms with Crippen molar-refractivity contribution in [1.29, 1.82) is 0 Å². The number of nitrogens with zero attached hydrogens (tertiary/aromatic N) is 2. The van der Waals surface area contributed by atoms with Crippen LogP contribution in [0.25, 0.3) is 6.08 Å². The highest BCUT2D eigenvalue weighted by atomic mass is 32.2. The molecule has 37 heavy (non-hydrogen) atoms. The van der Waals surface area contributed by atoms with E-state index in [1.165, 1.54) is 6.07 Å². The molecule has 0 spiro atoms. The summed E-state index contributed by atoms with van der Waals surface area (Å²) >= 11 is 6.36. The summed E-state index contributed by atoms with van der Waals surface area (Å²) in [5.74, 6) is -0.0755. The van der Waals surface area contributed by atoms with E-state index in [1.807, 2.05) is 6.92 Å². The number of carbonyl (C=O) groups excluding carboxylic acids is 2. The molecule has 188 valence electrons. The van der Waals surface area contributed by atoms with Crippen LogP contribution in [0.2, 0.25) is 0 Å². The molecule has 0 aliphatic carbocycles. The third-order valence-corrected chi connectivity index (χ3v) is 6.48. The standard InChI is InChI=1S/C26H21N3O6S2/c1-2-34-22-14-17(12-13-21(22)35-16-19-10-6-7-11-20(19)29(32)33)15-23-25(31)28(26(36)37-23)27-24(30)18-8-4-3-5-9-18/h3-15H,2,16H2,1H3,(H,27,30)/b23-15+. The number of carbonyl (C=O) groups is 2. The summed E-state index contributed by atoms with van der Waals surface area (Å²) in [4.78, 5) is 36.5. The minimum absolute atomic E-state index is 0.0175. The predicted octanol–water partition coefficient (Wildman–Crippen LogP) is 5.12. The molecule has 1 fully saturated rings. The first-order chi connectivity index (χ1) is 17.9. The van der Waals surface area contributed by atoms with Gasteiger partial charge in [0, 0.05) is 11.6 Å². The van der Waals surface area contributed by atoms with Crippen LogP contribution in [0, 0.1) is 10.1 Å². The van der Waals surface area contributed by atoms with Gasteiger partial charge in [0.1, 0.15) is 6.61 Å². The first-order valence-corrected chi connectivity index (χ1v) is 12.4. The van der Waals surface area contributed by atoms with E-state index in [0.717, 1.165) is 16.8 Å². The molecule has 11 heteroatoms. The van der Waals surface area contributed by atoms with E-state index >= 15 is 0 Å². The van der Waals surface area contributed by atoms with E-state index in [9.17, 15) is 19.7 Å². The van der Waals surface area contributed by atoms with Gasteiger partial charge < -0.3 is 9.47 Å². The average molecular weight is 536 g/mol. The predicted molar refractivity (Wildman–Crippen MR) is 144 cm³/mol. The number of rotatable bonds is 9. The average Bonchev–Trinajstić information content (AvgIpc) is 3.16. The van der Waals surface area contributed by atoms with Gasteiger partial charge in [-0.15, -0.1) is 0 Å². The van der Waals surface area contributed by atoms with Gasteiger partial charge in [-0.1, -0.05) is 48.2 Å². The molecule has 0 bridgehead atoms. The van der Waals surface area contributed by atoms with Crippen LogP contribution in [0.3, 0.4) is 0 Å². The molecule has 1 heterocycles. The number of hydrogen-bond acceptors (Lipinski definition) is 8. The monoisotopic (exact) mass is 535 g/mol. The molecule has 1 saturated heterocycles. The Kier molecular flexibility index (Phi) is 8.16. The molecule has 0 unspecified atom stereocenters. The molecule has 0 radical (unpaired) electrons. The zero-order chi connectivity index (χ0) is 26.4. The second kappa shape index (κ2) is 11.7. The van der Waals surface area contributed by atoms with Crippen molar-refractivity contribution >= 4 is 51.9 Å². The Labute approximate surface area is 222 Å². The van der Waals surface area contributed by atoms with E-state index < -0.39 is 16.7 Å².